The summed E-state index contributed by atoms with van der Waals surface area (Å²) in [6.07, 6.45) is -2.08. The molecule has 25 heavy (non-hydrogen) atoms. The van der Waals surface area contributed by atoms with Crippen molar-refractivity contribution >= 4 is 16.7 Å². The van der Waals surface area contributed by atoms with Crippen LogP contribution >= 0.6 is 0 Å². The van der Waals surface area contributed by atoms with Crippen molar-refractivity contribution in [2.45, 2.75) is 44.8 Å². The topological polar surface area (TPSA) is 32.3 Å². The Kier molecular flexibility index (Phi) is 4.99. The van der Waals surface area contributed by atoms with Crippen molar-refractivity contribution in [2.75, 3.05) is 6.54 Å². The first-order valence-electron chi connectivity index (χ1n) is 8.55. The molecule has 1 N–H and O–H groups in total. The molecule has 1 aliphatic rings. The first-order chi connectivity index (χ1) is 11.9. The van der Waals surface area contributed by atoms with E-state index in [0.717, 1.165) is 23.2 Å². The molecule has 0 aromatic heterocycles. The number of nitrogens with zero attached hydrogens (tertiary/aromatic N) is 1. The molecule has 2 aromatic carbocycles. The van der Waals surface area contributed by atoms with Crippen LogP contribution in [-0.2, 0) is 11.2 Å². The SMILES string of the molecule is CCCCc1ccc2ccccc2c1C(N1CCC(=O)N1)C(F)(F)F. The Morgan fingerprint density at radius 1 is 1.20 bits per heavy atom. The molecule has 6 heteroatoms. The van der Waals surface area contributed by atoms with Gasteiger partial charge in [0.2, 0.25) is 5.91 Å². The van der Waals surface area contributed by atoms with E-state index in [9.17, 15) is 18.0 Å². The van der Waals surface area contributed by atoms with Gasteiger partial charge in [-0.05, 0) is 34.7 Å². The summed E-state index contributed by atoms with van der Waals surface area (Å²) in [4.78, 5) is 11.5. The second-order valence-corrected chi connectivity index (χ2v) is 6.39. The molecule has 2 aromatic rings. The van der Waals surface area contributed by atoms with Crippen LogP contribution in [0.3, 0.4) is 0 Å². The molecule has 1 aliphatic heterocycles. The molecule has 0 saturated carbocycles. The van der Waals surface area contributed by atoms with E-state index in [2.05, 4.69) is 5.43 Å². The van der Waals surface area contributed by atoms with Crippen molar-refractivity contribution < 1.29 is 18.0 Å². The van der Waals surface area contributed by atoms with Crippen molar-refractivity contribution in [3.63, 3.8) is 0 Å². The third kappa shape index (κ3) is 3.63. The molecular weight excluding hydrogens is 329 g/mol. The van der Waals surface area contributed by atoms with Gasteiger partial charge in [0.05, 0.1) is 0 Å². The van der Waals surface area contributed by atoms with E-state index in [0.29, 0.717) is 17.4 Å². The number of benzene rings is 2. The van der Waals surface area contributed by atoms with Crippen molar-refractivity contribution in [1.29, 1.82) is 0 Å². The number of unbranched alkanes of at least 4 members (excludes halogenated alkanes) is 1. The Morgan fingerprint density at radius 2 is 1.96 bits per heavy atom. The van der Waals surface area contributed by atoms with Crippen molar-refractivity contribution in [3.05, 3.63) is 47.5 Å². The number of hydrogen-bond acceptors (Lipinski definition) is 2. The summed E-state index contributed by atoms with van der Waals surface area (Å²) in [6, 6.07) is 8.96. The van der Waals surface area contributed by atoms with Gasteiger partial charge in [-0.15, -0.1) is 0 Å². The van der Waals surface area contributed by atoms with Crippen LogP contribution in [0.2, 0.25) is 0 Å². The van der Waals surface area contributed by atoms with Crippen LogP contribution in [0.5, 0.6) is 0 Å². The molecule has 1 heterocycles. The first-order valence-corrected chi connectivity index (χ1v) is 8.55. The molecular formula is C19H21F3N2O. The molecule has 0 bridgehead atoms. The van der Waals surface area contributed by atoms with Gasteiger partial charge in [-0.25, -0.2) is 5.01 Å². The predicted octanol–water partition coefficient (Wildman–Crippen LogP) is 4.52. The number of amides is 1. The summed E-state index contributed by atoms with van der Waals surface area (Å²) < 4.78 is 42.1. The number of carbonyl (C=O) groups is 1. The second-order valence-electron chi connectivity index (χ2n) is 6.39. The Hall–Kier alpha value is -2.08. The lowest BCUT2D eigenvalue weighted by Crippen LogP contribution is -2.44. The highest BCUT2D eigenvalue weighted by Crippen LogP contribution is 2.42. The van der Waals surface area contributed by atoms with Gasteiger partial charge in [-0.2, -0.15) is 13.2 Å². The molecule has 3 nitrogen and oxygen atoms in total. The molecule has 1 unspecified atom stereocenters. The summed E-state index contributed by atoms with van der Waals surface area (Å²) in [5.41, 5.74) is 3.34. The molecule has 0 radical (unpaired) electrons. The van der Waals surface area contributed by atoms with Crippen LogP contribution < -0.4 is 5.43 Å². The fourth-order valence-electron chi connectivity index (χ4n) is 3.43. The Balaban J connectivity index is 2.18. The highest BCUT2D eigenvalue weighted by molar-refractivity contribution is 5.87. The van der Waals surface area contributed by atoms with Crippen LogP contribution in [0.1, 0.15) is 43.4 Å². The molecule has 3 rings (SSSR count). The quantitative estimate of drug-likeness (QED) is 0.860. The van der Waals surface area contributed by atoms with E-state index in [1.54, 1.807) is 18.2 Å². The lowest BCUT2D eigenvalue weighted by Gasteiger charge is -2.31. The van der Waals surface area contributed by atoms with Gasteiger partial charge in [0.1, 0.15) is 0 Å². The summed E-state index contributed by atoms with van der Waals surface area (Å²) in [6.45, 7) is 2.07. The van der Waals surface area contributed by atoms with Crippen LogP contribution in [-0.4, -0.2) is 23.6 Å². The fraction of sp³-hybridized carbons (Fsp3) is 0.421. The number of nitrogens with one attached hydrogen (secondary N) is 1. The molecule has 1 atom stereocenters. The average Bonchev–Trinajstić information content (AvgIpc) is 2.98. The number of aryl methyl sites for hydroxylation is 1. The van der Waals surface area contributed by atoms with Crippen LogP contribution in [0.4, 0.5) is 13.2 Å². The van der Waals surface area contributed by atoms with Gasteiger partial charge < -0.3 is 0 Å². The number of alkyl halides is 3. The number of rotatable bonds is 5. The van der Waals surface area contributed by atoms with Gasteiger partial charge in [0.15, 0.2) is 6.04 Å². The Labute approximate surface area is 144 Å². The summed E-state index contributed by atoms with van der Waals surface area (Å²) >= 11 is 0. The minimum Gasteiger partial charge on any atom is -0.288 e. The average molecular weight is 350 g/mol. The Bertz CT molecular complexity index is 773. The second kappa shape index (κ2) is 7.04. The van der Waals surface area contributed by atoms with Crippen molar-refractivity contribution in [1.82, 2.24) is 10.4 Å². The molecule has 1 amide bonds. The highest BCUT2D eigenvalue weighted by Gasteiger charge is 2.48. The first kappa shape index (κ1) is 17.7. The molecule has 1 saturated heterocycles. The van der Waals surface area contributed by atoms with E-state index in [1.165, 1.54) is 0 Å². The smallest absolute Gasteiger partial charge is 0.288 e. The van der Waals surface area contributed by atoms with Gasteiger partial charge >= 0.3 is 6.18 Å². The fourth-order valence-corrected chi connectivity index (χ4v) is 3.43. The summed E-state index contributed by atoms with van der Waals surface area (Å²) in [5, 5.41) is 2.41. The predicted molar refractivity (Wildman–Crippen MR) is 90.8 cm³/mol. The van der Waals surface area contributed by atoms with Gasteiger partial charge in [0, 0.05) is 13.0 Å². The molecule has 134 valence electrons. The number of halogens is 3. The van der Waals surface area contributed by atoms with Crippen LogP contribution in [0.15, 0.2) is 36.4 Å². The highest BCUT2D eigenvalue weighted by atomic mass is 19.4. The third-order valence-corrected chi connectivity index (χ3v) is 4.60. The zero-order valence-corrected chi connectivity index (χ0v) is 14.1. The standard InChI is InChI=1S/C19H21F3N2O/c1-2-3-6-14-10-9-13-7-4-5-8-15(13)17(14)18(19(20,21)22)24-12-11-16(25)23-24/h4-5,7-10,18H,2-3,6,11-12H2,1H3,(H,23,25). The number of hydrazine groups is 1. The summed E-state index contributed by atoms with van der Waals surface area (Å²) in [5.74, 6) is -0.371. The lowest BCUT2D eigenvalue weighted by atomic mass is 9.90. The molecule has 0 aliphatic carbocycles. The zero-order valence-electron chi connectivity index (χ0n) is 14.1. The van der Waals surface area contributed by atoms with Crippen LogP contribution in [0.25, 0.3) is 10.8 Å². The van der Waals surface area contributed by atoms with Crippen LogP contribution in [0, 0.1) is 0 Å². The number of hydrogen-bond donors (Lipinski definition) is 1. The molecule has 1 fully saturated rings. The largest absolute Gasteiger partial charge is 0.409 e. The Morgan fingerprint density at radius 3 is 2.60 bits per heavy atom. The van der Waals surface area contributed by atoms with Gasteiger partial charge in [-0.3, -0.25) is 10.2 Å². The molecule has 0 spiro atoms. The normalized spacial score (nSPS) is 17.0. The minimum absolute atomic E-state index is 0.0550. The zero-order chi connectivity index (χ0) is 18.0. The van der Waals surface area contributed by atoms with E-state index < -0.39 is 12.2 Å². The van der Waals surface area contributed by atoms with E-state index in [4.69, 9.17) is 0 Å². The maximum atomic E-state index is 14.0. The van der Waals surface area contributed by atoms with Crippen molar-refractivity contribution in [2.24, 2.45) is 0 Å². The number of fused-ring (bicyclic) bond motifs is 1. The van der Waals surface area contributed by atoms with E-state index in [1.807, 2.05) is 25.1 Å². The van der Waals surface area contributed by atoms with E-state index >= 15 is 0 Å². The maximum Gasteiger partial charge on any atom is 0.409 e. The van der Waals surface area contributed by atoms with E-state index in [-0.39, 0.29) is 24.4 Å². The third-order valence-electron chi connectivity index (χ3n) is 4.60. The minimum atomic E-state index is -4.48. The lowest BCUT2D eigenvalue weighted by molar-refractivity contribution is -0.190. The monoisotopic (exact) mass is 350 g/mol. The van der Waals surface area contributed by atoms with Gasteiger partial charge in [0.25, 0.3) is 0 Å². The van der Waals surface area contributed by atoms with Crippen molar-refractivity contribution in [3.8, 4) is 0 Å². The van der Waals surface area contributed by atoms with Gasteiger partial charge in [-0.1, -0.05) is 49.7 Å². The number of carbonyl (C=O) groups excluding carboxylic acids is 1. The maximum absolute atomic E-state index is 14.0. The summed E-state index contributed by atoms with van der Waals surface area (Å²) in [7, 11) is 0.